The molecular formula is C11H13ClN2O2. The van der Waals surface area contributed by atoms with E-state index in [2.05, 4.69) is 5.32 Å². The number of carbonyl (C=O) groups is 1. The summed E-state index contributed by atoms with van der Waals surface area (Å²) in [7, 11) is 0. The minimum absolute atomic E-state index is 0.303. The van der Waals surface area contributed by atoms with E-state index in [0.717, 1.165) is 0 Å². The summed E-state index contributed by atoms with van der Waals surface area (Å²) in [6.45, 7) is 3.82. The van der Waals surface area contributed by atoms with Crippen LogP contribution in [0.15, 0.2) is 18.2 Å². The molecule has 0 fully saturated rings. The molecule has 2 rings (SSSR count). The third kappa shape index (κ3) is 1.54. The molecule has 4 nitrogen and oxygen atoms in total. The van der Waals surface area contributed by atoms with Gasteiger partial charge in [0.15, 0.2) is 5.72 Å². The predicted octanol–water partition coefficient (Wildman–Crippen LogP) is 2.37. The topological polar surface area (TPSA) is 52.6 Å². The molecule has 0 saturated heterocycles. The van der Waals surface area contributed by atoms with Crippen molar-refractivity contribution in [3.63, 3.8) is 0 Å². The van der Waals surface area contributed by atoms with E-state index in [9.17, 15) is 9.90 Å². The Morgan fingerprint density at radius 3 is 2.88 bits per heavy atom. The lowest BCUT2D eigenvalue weighted by molar-refractivity contribution is -0.0695. The van der Waals surface area contributed by atoms with Crippen LogP contribution in [0.4, 0.5) is 10.5 Å². The highest BCUT2D eigenvalue weighted by Crippen LogP contribution is 2.37. The van der Waals surface area contributed by atoms with E-state index in [4.69, 9.17) is 11.6 Å². The first kappa shape index (κ1) is 11.2. The Hall–Kier alpha value is -1.26. The summed E-state index contributed by atoms with van der Waals surface area (Å²) < 4.78 is 0. The zero-order valence-electron chi connectivity index (χ0n) is 9.12. The van der Waals surface area contributed by atoms with E-state index < -0.39 is 5.72 Å². The Morgan fingerprint density at radius 1 is 1.56 bits per heavy atom. The number of benzene rings is 1. The second-order valence-electron chi connectivity index (χ2n) is 3.89. The molecule has 1 heterocycles. The van der Waals surface area contributed by atoms with Crippen LogP contribution in [0.5, 0.6) is 0 Å². The Kier molecular flexibility index (Phi) is 2.56. The lowest BCUT2D eigenvalue weighted by atomic mass is 9.98. The molecule has 5 heteroatoms. The van der Waals surface area contributed by atoms with Gasteiger partial charge in [0.05, 0.1) is 5.69 Å². The second kappa shape index (κ2) is 3.64. The largest absolute Gasteiger partial charge is 0.367 e. The van der Waals surface area contributed by atoms with Gasteiger partial charge in [-0.2, -0.15) is 0 Å². The van der Waals surface area contributed by atoms with Crippen LogP contribution >= 0.6 is 11.6 Å². The standard InChI is InChI=1S/C11H13ClN2O2/c1-3-14-10(15)13-9-5-4-7(12)6-8(9)11(14,2)16/h4-6,16H,3H2,1-2H3,(H,13,15). The quantitative estimate of drug-likeness (QED) is 0.792. The van der Waals surface area contributed by atoms with E-state index in [-0.39, 0.29) is 6.03 Å². The van der Waals surface area contributed by atoms with Crippen LogP contribution in [0.2, 0.25) is 5.02 Å². The van der Waals surface area contributed by atoms with Gasteiger partial charge in [0.25, 0.3) is 0 Å². The molecule has 0 radical (unpaired) electrons. The average Bonchev–Trinajstić information content (AvgIpc) is 2.19. The van der Waals surface area contributed by atoms with Crippen LogP contribution in [0.1, 0.15) is 19.4 Å². The number of hydrogen-bond acceptors (Lipinski definition) is 2. The minimum Gasteiger partial charge on any atom is -0.367 e. The number of hydrogen-bond donors (Lipinski definition) is 2. The van der Waals surface area contributed by atoms with Crippen molar-refractivity contribution in [3.05, 3.63) is 28.8 Å². The van der Waals surface area contributed by atoms with Gasteiger partial charge in [0.2, 0.25) is 0 Å². The van der Waals surface area contributed by atoms with Gasteiger partial charge < -0.3 is 10.4 Å². The Bertz CT molecular complexity index is 446. The van der Waals surface area contributed by atoms with Crippen LogP contribution in [0.3, 0.4) is 0 Å². The van der Waals surface area contributed by atoms with Crippen molar-refractivity contribution in [2.45, 2.75) is 19.6 Å². The number of nitrogens with zero attached hydrogens (tertiary/aromatic N) is 1. The van der Waals surface area contributed by atoms with Gasteiger partial charge >= 0.3 is 6.03 Å². The van der Waals surface area contributed by atoms with Crippen LogP contribution in [-0.2, 0) is 5.72 Å². The molecule has 0 aromatic heterocycles. The Morgan fingerprint density at radius 2 is 2.25 bits per heavy atom. The summed E-state index contributed by atoms with van der Waals surface area (Å²) >= 11 is 5.89. The van der Waals surface area contributed by atoms with Crippen LogP contribution in [0.25, 0.3) is 0 Å². The average molecular weight is 241 g/mol. The maximum absolute atomic E-state index is 11.7. The molecule has 1 aromatic rings. The number of halogens is 1. The van der Waals surface area contributed by atoms with Crippen molar-refractivity contribution in [1.82, 2.24) is 4.90 Å². The lowest BCUT2D eigenvalue weighted by Gasteiger charge is -2.41. The van der Waals surface area contributed by atoms with Crippen molar-refractivity contribution >= 4 is 23.3 Å². The molecule has 1 aliphatic rings. The Labute approximate surface area is 98.8 Å². The zero-order chi connectivity index (χ0) is 11.9. The van der Waals surface area contributed by atoms with Crippen LogP contribution in [0, 0.1) is 0 Å². The van der Waals surface area contributed by atoms with E-state index >= 15 is 0 Å². The predicted molar refractivity (Wildman–Crippen MR) is 62.4 cm³/mol. The van der Waals surface area contributed by atoms with Gasteiger partial charge in [-0.25, -0.2) is 4.79 Å². The first-order valence-corrected chi connectivity index (χ1v) is 5.45. The molecule has 0 saturated carbocycles. The number of fused-ring (bicyclic) bond motifs is 1. The first-order chi connectivity index (χ1) is 7.46. The molecule has 0 aliphatic carbocycles. The SMILES string of the molecule is CCN1C(=O)Nc2ccc(Cl)cc2C1(C)O. The number of amides is 2. The van der Waals surface area contributed by atoms with Crippen molar-refractivity contribution in [1.29, 1.82) is 0 Å². The van der Waals surface area contributed by atoms with Gasteiger partial charge in [-0.15, -0.1) is 0 Å². The minimum atomic E-state index is -1.32. The molecular weight excluding hydrogens is 228 g/mol. The lowest BCUT2D eigenvalue weighted by Crippen LogP contribution is -2.52. The molecule has 2 N–H and O–H groups in total. The number of carbonyl (C=O) groups excluding carboxylic acids is 1. The smallest absolute Gasteiger partial charge is 0.324 e. The second-order valence-corrected chi connectivity index (χ2v) is 4.32. The van der Waals surface area contributed by atoms with Crippen LogP contribution < -0.4 is 5.32 Å². The normalized spacial score (nSPS) is 24.0. The van der Waals surface area contributed by atoms with Gasteiger partial charge in [0.1, 0.15) is 0 Å². The molecule has 1 atom stereocenters. The van der Waals surface area contributed by atoms with Gasteiger partial charge in [-0.05, 0) is 32.0 Å². The molecule has 86 valence electrons. The summed E-state index contributed by atoms with van der Waals surface area (Å²) in [5.74, 6) is 0. The van der Waals surface area contributed by atoms with Gasteiger partial charge in [-0.3, -0.25) is 4.90 Å². The van der Waals surface area contributed by atoms with Gasteiger partial charge in [0, 0.05) is 17.1 Å². The highest BCUT2D eigenvalue weighted by Gasteiger charge is 2.40. The van der Waals surface area contributed by atoms with E-state index in [0.29, 0.717) is 22.8 Å². The molecule has 2 amide bonds. The van der Waals surface area contributed by atoms with Crippen LogP contribution in [-0.4, -0.2) is 22.6 Å². The monoisotopic (exact) mass is 240 g/mol. The fourth-order valence-electron chi connectivity index (χ4n) is 1.99. The summed E-state index contributed by atoms with van der Waals surface area (Å²) in [5.41, 5.74) is -0.109. The van der Waals surface area contributed by atoms with Gasteiger partial charge in [-0.1, -0.05) is 11.6 Å². The van der Waals surface area contributed by atoms with E-state index in [1.165, 1.54) is 4.90 Å². The van der Waals surface area contributed by atoms with E-state index in [1.54, 1.807) is 25.1 Å². The number of nitrogens with one attached hydrogen (secondary N) is 1. The Balaban J connectivity index is 2.58. The molecule has 0 spiro atoms. The third-order valence-corrected chi connectivity index (χ3v) is 3.06. The zero-order valence-corrected chi connectivity index (χ0v) is 9.88. The third-order valence-electron chi connectivity index (χ3n) is 2.82. The first-order valence-electron chi connectivity index (χ1n) is 5.08. The fourth-order valence-corrected chi connectivity index (χ4v) is 2.17. The molecule has 1 aliphatic heterocycles. The molecule has 0 bridgehead atoms. The van der Waals surface area contributed by atoms with Crippen molar-refractivity contribution in [3.8, 4) is 0 Å². The van der Waals surface area contributed by atoms with E-state index in [1.807, 2.05) is 6.92 Å². The fraction of sp³-hybridized carbons (Fsp3) is 0.364. The number of rotatable bonds is 1. The summed E-state index contributed by atoms with van der Waals surface area (Å²) in [6, 6.07) is 4.73. The maximum atomic E-state index is 11.7. The summed E-state index contributed by atoms with van der Waals surface area (Å²) in [5, 5.41) is 13.6. The van der Waals surface area contributed by atoms with Crippen molar-refractivity contribution in [2.24, 2.45) is 0 Å². The number of urea groups is 1. The number of aliphatic hydroxyl groups is 1. The summed E-state index contributed by atoms with van der Waals surface area (Å²) in [4.78, 5) is 13.1. The molecule has 1 aromatic carbocycles. The maximum Gasteiger partial charge on any atom is 0.324 e. The van der Waals surface area contributed by atoms with Crippen molar-refractivity contribution < 1.29 is 9.90 Å². The molecule has 1 unspecified atom stereocenters. The number of anilines is 1. The molecule has 16 heavy (non-hydrogen) atoms. The van der Waals surface area contributed by atoms with Crippen molar-refractivity contribution in [2.75, 3.05) is 11.9 Å². The summed E-state index contributed by atoms with van der Waals surface area (Å²) in [6.07, 6.45) is 0. The highest BCUT2D eigenvalue weighted by molar-refractivity contribution is 6.30. The highest BCUT2D eigenvalue weighted by atomic mass is 35.5.